The number of ketones is 1. The number of allylic oxidation sites excluding steroid dienone is 1. The molecule has 0 radical (unpaired) electrons. The lowest BCUT2D eigenvalue weighted by Gasteiger charge is -2.09. The molecule has 136 valence electrons. The molecule has 2 rings (SSSR count). The van der Waals surface area contributed by atoms with Crippen LogP contribution in [0.1, 0.15) is 29.3 Å². The van der Waals surface area contributed by atoms with Crippen LogP contribution in [0.2, 0.25) is 0 Å². The topological polar surface area (TPSA) is 93.1 Å². The summed E-state index contributed by atoms with van der Waals surface area (Å²) in [6.07, 6.45) is 3.42. The largest absolute Gasteiger partial charge is 0.507 e. The van der Waals surface area contributed by atoms with Crippen molar-refractivity contribution in [2.45, 2.75) is 13.3 Å². The Morgan fingerprint density at radius 1 is 1.00 bits per heavy atom. The second kappa shape index (κ2) is 9.27. The van der Waals surface area contributed by atoms with Crippen molar-refractivity contribution in [2.24, 2.45) is 0 Å². The van der Waals surface area contributed by atoms with E-state index in [2.05, 4.69) is 0 Å². The van der Waals surface area contributed by atoms with E-state index in [0.29, 0.717) is 12.2 Å². The fraction of sp³-hybridized carbons (Fsp3) is 0.200. The number of benzene rings is 2. The molecule has 0 aromatic heterocycles. The highest BCUT2D eigenvalue weighted by atomic mass is 16.5. The number of hydrogen-bond donors (Lipinski definition) is 2. The van der Waals surface area contributed by atoms with Gasteiger partial charge in [0.1, 0.15) is 17.2 Å². The van der Waals surface area contributed by atoms with Gasteiger partial charge in [0.15, 0.2) is 5.78 Å². The van der Waals surface area contributed by atoms with E-state index in [4.69, 9.17) is 9.47 Å². The maximum absolute atomic E-state index is 12.4. The Hall–Kier alpha value is -3.28. The van der Waals surface area contributed by atoms with Gasteiger partial charge in [0.2, 0.25) is 0 Å². The Morgan fingerprint density at radius 2 is 1.73 bits per heavy atom. The Kier molecular flexibility index (Phi) is 6.79. The third kappa shape index (κ3) is 5.11. The molecule has 0 aliphatic carbocycles. The van der Waals surface area contributed by atoms with Crippen LogP contribution >= 0.6 is 0 Å². The van der Waals surface area contributed by atoms with Crippen molar-refractivity contribution >= 4 is 11.8 Å². The molecule has 0 bridgehead atoms. The molecular formula is C20H20O6. The van der Waals surface area contributed by atoms with E-state index in [1.54, 1.807) is 31.2 Å². The maximum atomic E-state index is 12.4. The summed E-state index contributed by atoms with van der Waals surface area (Å²) < 4.78 is 10.4. The van der Waals surface area contributed by atoms with Crippen LogP contribution in [0.25, 0.3) is 0 Å². The summed E-state index contributed by atoms with van der Waals surface area (Å²) in [6, 6.07) is 10.5. The summed E-state index contributed by atoms with van der Waals surface area (Å²) in [6.45, 7) is 2.23. The Morgan fingerprint density at radius 3 is 2.42 bits per heavy atom. The number of carbonyl (C=O) groups excluding carboxylic acids is 2. The van der Waals surface area contributed by atoms with Gasteiger partial charge in [-0.3, -0.25) is 4.79 Å². The second-order valence-corrected chi connectivity index (χ2v) is 5.39. The van der Waals surface area contributed by atoms with Gasteiger partial charge in [0.25, 0.3) is 0 Å². The van der Waals surface area contributed by atoms with E-state index in [1.807, 2.05) is 0 Å². The summed E-state index contributed by atoms with van der Waals surface area (Å²) in [4.78, 5) is 23.5. The summed E-state index contributed by atoms with van der Waals surface area (Å²) >= 11 is 0. The molecule has 2 aromatic rings. The normalized spacial score (nSPS) is 10.7. The van der Waals surface area contributed by atoms with E-state index in [0.717, 1.165) is 0 Å². The van der Waals surface area contributed by atoms with Crippen LogP contribution in [0.4, 0.5) is 0 Å². The first-order valence-corrected chi connectivity index (χ1v) is 8.11. The molecule has 6 nitrogen and oxygen atoms in total. The van der Waals surface area contributed by atoms with Gasteiger partial charge in [0, 0.05) is 18.6 Å². The highest BCUT2D eigenvalue weighted by Crippen LogP contribution is 2.28. The third-order valence-electron chi connectivity index (χ3n) is 3.47. The Labute approximate surface area is 151 Å². The first kappa shape index (κ1) is 19.1. The third-order valence-corrected chi connectivity index (χ3v) is 3.47. The first-order valence-electron chi connectivity index (χ1n) is 8.11. The second-order valence-electron chi connectivity index (χ2n) is 5.39. The number of para-hydroxylation sites is 1. The maximum Gasteiger partial charge on any atom is 0.330 e. The molecule has 0 aliphatic rings. The zero-order valence-corrected chi connectivity index (χ0v) is 14.3. The summed E-state index contributed by atoms with van der Waals surface area (Å²) in [5, 5.41) is 19.8. The summed E-state index contributed by atoms with van der Waals surface area (Å²) in [5.74, 6) is -0.892. The van der Waals surface area contributed by atoms with Crippen LogP contribution in [0.5, 0.6) is 17.2 Å². The SMILES string of the molecule is CC=CC(=O)OCCCOc1ccc(C(=O)c2ccccc2O)c(O)c1. The van der Waals surface area contributed by atoms with Gasteiger partial charge in [-0.15, -0.1) is 0 Å². The van der Waals surface area contributed by atoms with Gasteiger partial charge in [-0.1, -0.05) is 18.2 Å². The Balaban J connectivity index is 1.92. The minimum absolute atomic E-state index is 0.0686. The van der Waals surface area contributed by atoms with Crippen molar-refractivity contribution in [3.63, 3.8) is 0 Å². The van der Waals surface area contributed by atoms with Crippen LogP contribution in [-0.4, -0.2) is 35.2 Å². The minimum atomic E-state index is -0.483. The average Bonchev–Trinajstić information content (AvgIpc) is 2.61. The molecule has 0 saturated carbocycles. The number of rotatable bonds is 8. The lowest BCUT2D eigenvalue weighted by atomic mass is 10.0. The van der Waals surface area contributed by atoms with E-state index >= 15 is 0 Å². The molecule has 2 aromatic carbocycles. The highest BCUT2D eigenvalue weighted by Gasteiger charge is 2.17. The van der Waals surface area contributed by atoms with Crippen molar-refractivity contribution in [1.29, 1.82) is 0 Å². The molecule has 0 unspecified atom stereocenters. The fourth-order valence-corrected chi connectivity index (χ4v) is 2.21. The number of phenols is 2. The van der Waals surface area contributed by atoms with E-state index < -0.39 is 11.8 Å². The molecule has 0 heterocycles. The van der Waals surface area contributed by atoms with Crippen molar-refractivity contribution in [3.05, 3.63) is 65.7 Å². The number of ether oxygens (including phenoxy) is 2. The van der Waals surface area contributed by atoms with Crippen LogP contribution < -0.4 is 4.74 Å². The zero-order chi connectivity index (χ0) is 18.9. The molecule has 0 spiro atoms. The molecule has 0 amide bonds. The van der Waals surface area contributed by atoms with Crippen LogP contribution in [0.3, 0.4) is 0 Å². The van der Waals surface area contributed by atoms with Crippen LogP contribution in [-0.2, 0) is 9.53 Å². The molecule has 0 fully saturated rings. The molecule has 6 heteroatoms. The van der Waals surface area contributed by atoms with Crippen LogP contribution in [0, 0.1) is 0 Å². The smallest absolute Gasteiger partial charge is 0.330 e. The number of aromatic hydroxyl groups is 2. The lowest BCUT2D eigenvalue weighted by Crippen LogP contribution is -2.07. The van der Waals surface area contributed by atoms with Gasteiger partial charge in [-0.25, -0.2) is 4.79 Å². The number of hydrogen-bond acceptors (Lipinski definition) is 6. The van der Waals surface area contributed by atoms with E-state index in [-0.39, 0.29) is 35.8 Å². The van der Waals surface area contributed by atoms with Gasteiger partial charge in [0.05, 0.1) is 24.3 Å². The standard InChI is InChI=1S/C20H20O6/c1-2-6-19(23)26-12-5-11-25-14-9-10-16(18(22)13-14)20(24)15-7-3-4-8-17(15)21/h2-4,6-10,13,21-22H,5,11-12H2,1H3. The summed E-state index contributed by atoms with van der Waals surface area (Å²) in [7, 11) is 0. The monoisotopic (exact) mass is 356 g/mol. The van der Waals surface area contributed by atoms with Gasteiger partial charge < -0.3 is 19.7 Å². The van der Waals surface area contributed by atoms with Crippen molar-refractivity contribution in [2.75, 3.05) is 13.2 Å². The predicted octanol–water partition coefficient (Wildman–Crippen LogP) is 3.22. The molecule has 0 atom stereocenters. The quantitative estimate of drug-likeness (QED) is 0.326. The number of esters is 1. The predicted molar refractivity (Wildman–Crippen MR) is 95.5 cm³/mol. The molecule has 2 N–H and O–H groups in total. The lowest BCUT2D eigenvalue weighted by molar-refractivity contribution is -0.137. The minimum Gasteiger partial charge on any atom is -0.507 e. The van der Waals surface area contributed by atoms with Gasteiger partial charge in [-0.2, -0.15) is 0 Å². The van der Waals surface area contributed by atoms with Crippen molar-refractivity contribution < 1.29 is 29.3 Å². The molecular weight excluding hydrogens is 336 g/mol. The number of phenolic OH excluding ortho intramolecular Hbond substituents is 2. The van der Waals surface area contributed by atoms with Crippen molar-refractivity contribution in [1.82, 2.24) is 0 Å². The molecule has 0 saturated heterocycles. The van der Waals surface area contributed by atoms with Crippen molar-refractivity contribution in [3.8, 4) is 17.2 Å². The fourth-order valence-electron chi connectivity index (χ4n) is 2.21. The van der Waals surface area contributed by atoms with Crippen LogP contribution in [0.15, 0.2) is 54.6 Å². The zero-order valence-electron chi connectivity index (χ0n) is 14.3. The number of carbonyl (C=O) groups is 2. The average molecular weight is 356 g/mol. The summed E-state index contributed by atoms with van der Waals surface area (Å²) in [5.41, 5.74) is 0.179. The van der Waals surface area contributed by atoms with Gasteiger partial charge in [-0.05, 0) is 31.2 Å². The Bertz CT molecular complexity index is 810. The molecule has 26 heavy (non-hydrogen) atoms. The van der Waals surface area contributed by atoms with Gasteiger partial charge >= 0.3 is 5.97 Å². The highest BCUT2D eigenvalue weighted by molar-refractivity contribution is 6.12. The van der Waals surface area contributed by atoms with E-state index in [1.165, 1.54) is 30.3 Å². The first-order chi connectivity index (χ1) is 12.5. The van der Waals surface area contributed by atoms with E-state index in [9.17, 15) is 19.8 Å². The molecule has 0 aliphatic heterocycles.